The maximum absolute atomic E-state index is 11.2. The van der Waals surface area contributed by atoms with Gasteiger partial charge in [0.2, 0.25) is 0 Å². The van der Waals surface area contributed by atoms with Gasteiger partial charge in [0.1, 0.15) is 0 Å². The maximum Gasteiger partial charge on any atom is 0.311 e. The smallest absolute Gasteiger partial charge is 0.311 e. The van der Waals surface area contributed by atoms with Crippen LogP contribution in [0.25, 0.3) is 0 Å². The Morgan fingerprint density at radius 1 is 1.67 bits per heavy atom. The third-order valence-corrected chi connectivity index (χ3v) is 2.13. The predicted molar refractivity (Wildman–Crippen MR) is 45.9 cm³/mol. The summed E-state index contributed by atoms with van der Waals surface area (Å²) in [5.74, 6) is -0.126. The number of likely N-dealkylation sites (N-methyl/N-ethyl adjacent to an activating group) is 1. The zero-order chi connectivity index (χ0) is 8.97. The largest absolute Gasteiger partial charge is 0.469 e. The van der Waals surface area contributed by atoms with Crippen molar-refractivity contribution in [1.29, 1.82) is 0 Å². The highest BCUT2D eigenvalue weighted by atomic mass is 16.5. The van der Waals surface area contributed by atoms with Gasteiger partial charge >= 0.3 is 5.97 Å². The molecule has 0 radical (unpaired) electrons. The van der Waals surface area contributed by atoms with E-state index in [4.69, 9.17) is 0 Å². The number of carbonyl (C=O) groups is 1. The average molecular weight is 172 g/mol. The summed E-state index contributed by atoms with van der Waals surface area (Å²) in [4.78, 5) is 13.3. The van der Waals surface area contributed by atoms with E-state index in [2.05, 4.69) is 15.0 Å². The van der Waals surface area contributed by atoms with Crippen molar-refractivity contribution in [2.24, 2.45) is 5.92 Å². The molecule has 4 heteroatoms. The number of ether oxygens (including phenoxy) is 1. The number of nitrogens with zero attached hydrogens (tertiary/aromatic N) is 1. The van der Waals surface area contributed by atoms with Crippen LogP contribution in [0.2, 0.25) is 0 Å². The van der Waals surface area contributed by atoms with Gasteiger partial charge in [-0.15, -0.1) is 0 Å². The fourth-order valence-electron chi connectivity index (χ4n) is 1.40. The minimum absolute atomic E-state index is 0.0116. The summed E-state index contributed by atoms with van der Waals surface area (Å²) in [5, 5.41) is 3.20. The van der Waals surface area contributed by atoms with Crippen molar-refractivity contribution < 1.29 is 9.53 Å². The molecule has 0 aromatic heterocycles. The van der Waals surface area contributed by atoms with E-state index in [9.17, 15) is 4.79 Å². The highest BCUT2D eigenvalue weighted by Crippen LogP contribution is 2.03. The van der Waals surface area contributed by atoms with E-state index in [0.29, 0.717) is 0 Å². The van der Waals surface area contributed by atoms with E-state index >= 15 is 0 Å². The summed E-state index contributed by atoms with van der Waals surface area (Å²) in [6, 6.07) is 0. The van der Waals surface area contributed by atoms with E-state index in [1.807, 2.05) is 7.05 Å². The molecule has 1 aliphatic heterocycles. The van der Waals surface area contributed by atoms with E-state index < -0.39 is 0 Å². The molecule has 0 saturated carbocycles. The summed E-state index contributed by atoms with van der Waals surface area (Å²) in [6.07, 6.45) is 0. The van der Waals surface area contributed by atoms with Gasteiger partial charge in [-0.2, -0.15) is 0 Å². The van der Waals surface area contributed by atoms with Crippen molar-refractivity contribution in [2.75, 3.05) is 40.3 Å². The molecule has 4 nitrogen and oxygen atoms in total. The average Bonchev–Trinajstić information content (AvgIpc) is 2.28. The molecule has 70 valence electrons. The molecule has 0 bridgehead atoms. The number of esters is 1. The molecule has 0 amide bonds. The molecule has 1 heterocycles. The van der Waals surface area contributed by atoms with E-state index in [1.54, 1.807) is 0 Å². The standard InChI is InChI=1S/C8H16N2O2/c1-10-4-3-9-5-7(6-10)8(11)12-2/h7,9H,3-6H2,1-2H3/t7-/m0/s1. The number of rotatable bonds is 1. The van der Waals surface area contributed by atoms with Gasteiger partial charge in [0, 0.05) is 26.2 Å². The zero-order valence-electron chi connectivity index (χ0n) is 7.67. The molecular weight excluding hydrogens is 156 g/mol. The Bertz CT molecular complexity index is 161. The van der Waals surface area contributed by atoms with Gasteiger partial charge in [0.25, 0.3) is 0 Å². The summed E-state index contributed by atoms with van der Waals surface area (Å²) in [5.41, 5.74) is 0. The lowest BCUT2D eigenvalue weighted by molar-refractivity contribution is -0.145. The van der Waals surface area contributed by atoms with Crippen LogP contribution in [-0.4, -0.2) is 51.2 Å². The van der Waals surface area contributed by atoms with Gasteiger partial charge < -0.3 is 15.0 Å². The van der Waals surface area contributed by atoms with Crippen molar-refractivity contribution in [2.45, 2.75) is 0 Å². The number of carbonyl (C=O) groups excluding carboxylic acids is 1. The lowest BCUT2D eigenvalue weighted by Gasteiger charge is -2.16. The number of methoxy groups -OCH3 is 1. The molecule has 1 N–H and O–H groups in total. The molecule has 0 aromatic carbocycles. The molecule has 1 aliphatic rings. The summed E-state index contributed by atoms with van der Waals surface area (Å²) < 4.78 is 4.69. The summed E-state index contributed by atoms with van der Waals surface area (Å²) in [7, 11) is 3.45. The molecular formula is C8H16N2O2. The third-order valence-electron chi connectivity index (χ3n) is 2.13. The first kappa shape index (κ1) is 9.48. The highest BCUT2D eigenvalue weighted by molar-refractivity contribution is 5.72. The number of hydrogen-bond acceptors (Lipinski definition) is 4. The van der Waals surface area contributed by atoms with Crippen molar-refractivity contribution in [3.05, 3.63) is 0 Å². The second-order valence-corrected chi connectivity index (χ2v) is 3.19. The van der Waals surface area contributed by atoms with Crippen molar-refractivity contribution in [1.82, 2.24) is 10.2 Å². The molecule has 0 aromatic rings. The summed E-state index contributed by atoms with van der Waals surface area (Å²) >= 11 is 0. The first-order valence-corrected chi connectivity index (χ1v) is 4.21. The zero-order valence-corrected chi connectivity index (χ0v) is 7.67. The van der Waals surface area contributed by atoms with Crippen LogP contribution < -0.4 is 5.32 Å². The Kier molecular flexibility index (Phi) is 3.49. The van der Waals surface area contributed by atoms with Crippen LogP contribution in [0.15, 0.2) is 0 Å². The summed E-state index contributed by atoms with van der Waals surface area (Å²) in [6.45, 7) is 3.47. The van der Waals surface area contributed by atoms with Crippen molar-refractivity contribution in [3.8, 4) is 0 Å². The predicted octanol–water partition coefficient (Wildman–Crippen LogP) is -0.689. The van der Waals surface area contributed by atoms with Gasteiger partial charge in [-0.25, -0.2) is 0 Å². The Morgan fingerprint density at radius 3 is 3.08 bits per heavy atom. The van der Waals surface area contributed by atoms with Gasteiger partial charge in [-0.1, -0.05) is 0 Å². The van der Waals surface area contributed by atoms with Crippen molar-refractivity contribution in [3.63, 3.8) is 0 Å². The van der Waals surface area contributed by atoms with Crippen LogP contribution >= 0.6 is 0 Å². The molecule has 1 saturated heterocycles. The fraction of sp³-hybridized carbons (Fsp3) is 0.875. The monoisotopic (exact) mass is 172 g/mol. The van der Waals surface area contributed by atoms with Crippen LogP contribution in [0, 0.1) is 5.92 Å². The Hall–Kier alpha value is -0.610. The molecule has 1 fully saturated rings. The molecule has 1 atom stereocenters. The molecule has 12 heavy (non-hydrogen) atoms. The van der Waals surface area contributed by atoms with Crippen LogP contribution in [0.1, 0.15) is 0 Å². The molecule has 0 aliphatic carbocycles. The van der Waals surface area contributed by atoms with Crippen molar-refractivity contribution >= 4 is 5.97 Å². The van der Waals surface area contributed by atoms with Gasteiger partial charge in [0.15, 0.2) is 0 Å². The van der Waals surface area contributed by atoms with Crippen LogP contribution in [0.5, 0.6) is 0 Å². The fourth-order valence-corrected chi connectivity index (χ4v) is 1.40. The minimum Gasteiger partial charge on any atom is -0.469 e. The first-order chi connectivity index (χ1) is 5.74. The second-order valence-electron chi connectivity index (χ2n) is 3.19. The quantitative estimate of drug-likeness (QED) is 0.532. The second kappa shape index (κ2) is 4.42. The Labute approximate surface area is 72.9 Å². The Balaban J connectivity index is 2.46. The van der Waals surface area contributed by atoms with Crippen LogP contribution in [0.3, 0.4) is 0 Å². The molecule has 0 spiro atoms. The lowest BCUT2D eigenvalue weighted by Crippen LogP contribution is -2.32. The molecule has 1 rings (SSSR count). The highest BCUT2D eigenvalue weighted by Gasteiger charge is 2.22. The van der Waals surface area contributed by atoms with Gasteiger partial charge in [-0.3, -0.25) is 4.79 Å². The van der Waals surface area contributed by atoms with E-state index in [1.165, 1.54) is 7.11 Å². The SMILES string of the molecule is COC(=O)[C@H]1CNCCN(C)C1. The van der Waals surface area contributed by atoms with E-state index in [0.717, 1.165) is 26.2 Å². The van der Waals surface area contributed by atoms with E-state index in [-0.39, 0.29) is 11.9 Å². The van der Waals surface area contributed by atoms with Gasteiger partial charge in [0.05, 0.1) is 13.0 Å². The first-order valence-electron chi connectivity index (χ1n) is 4.21. The number of nitrogens with one attached hydrogen (secondary N) is 1. The Morgan fingerprint density at radius 2 is 2.42 bits per heavy atom. The van der Waals surface area contributed by atoms with Crippen LogP contribution in [-0.2, 0) is 9.53 Å². The normalized spacial score (nSPS) is 26.3. The number of hydrogen-bond donors (Lipinski definition) is 1. The third kappa shape index (κ3) is 2.46. The maximum atomic E-state index is 11.2. The minimum atomic E-state index is -0.115. The van der Waals surface area contributed by atoms with Crippen LogP contribution in [0.4, 0.5) is 0 Å². The van der Waals surface area contributed by atoms with Gasteiger partial charge in [-0.05, 0) is 7.05 Å². The lowest BCUT2D eigenvalue weighted by atomic mass is 10.1. The topological polar surface area (TPSA) is 41.6 Å². The molecule has 0 unspecified atom stereocenters.